The number of Topliss-reactive ketones (excluding diaryl/α,β-unsaturated/α-hetero) is 1. The highest BCUT2D eigenvalue weighted by Gasteiger charge is 2.22. The third kappa shape index (κ3) is 6.09. The molecule has 1 saturated heterocycles. The van der Waals surface area contributed by atoms with Gasteiger partial charge in [0.1, 0.15) is 23.9 Å². The molecule has 5 heteroatoms. The van der Waals surface area contributed by atoms with Gasteiger partial charge in [-0.15, -0.1) is 0 Å². The molecule has 0 atom stereocenters. The Morgan fingerprint density at radius 1 is 0.839 bits per heavy atom. The van der Waals surface area contributed by atoms with Crippen LogP contribution in [0.15, 0.2) is 78.9 Å². The number of likely N-dealkylation sites (tertiary alicyclic amines) is 1. The summed E-state index contributed by atoms with van der Waals surface area (Å²) in [5.41, 5.74) is 7.67. The fourth-order valence-electron chi connectivity index (χ4n) is 3.88. The standard InChI is InChI=1S/C26H28N2O3/c27-22-8-12-24(13-9-22)30-19-23(29)18-28-16-14-21(15-17-28)20-6-10-26(11-7-20)31-25-4-2-1-3-5-25/h1-13,21H,14-19,27H2. The highest BCUT2D eigenvalue weighted by molar-refractivity contribution is 5.82. The van der Waals surface area contributed by atoms with E-state index in [1.807, 2.05) is 42.5 Å². The number of anilines is 1. The molecule has 0 bridgehead atoms. The summed E-state index contributed by atoms with van der Waals surface area (Å²) in [5, 5.41) is 0. The van der Waals surface area contributed by atoms with Crippen molar-refractivity contribution in [3.63, 3.8) is 0 Å². The zero-order valence-corrected chi connectivity index (χ0v) is 17.6. The van der Waals surface area contributed by atoms with Crippen molar-refractivity contribution in [2.45, 2.75) is 18.8 Å². The number of carbonyl (C=O) groups is 1. The fraction of sp³-hybridized carbons (Fsp3) is 0.269. The molecule has 0 saturated carbocycles. The molecule has 1 heterocycles. The largest absolute Gasteiger partial charge is 0.486 e. The number of benzene rings is 3. The van der Waals surface area contributed by atoms with Crippen molar-refractivity contribution in [1.29, 1.82) is 0 Å². The topological polar surface area (TPSA) is 64.8 Å². The number of hydrogen-bond donors (Lipinski definition) is 1. The summed E-state index contributed by atoms with van der Waals surface area (Å²) in [6.45, 7) is 2.36. The van der Waals surface area contributed by atoms with Crippen molar-refractivity contribution >= 4 is 11.5 Å². The molecule has 1 fully saturated rings. The van der Waals surface area contributed by atoms with Crippen molar-refractivity contribution in [3.8, 4) is 17.2 Å². The summed E-state index contributed by atoms with van der Waals surface area (Å²) in [4.78, 5) is 14.5. The van der Waals surface area contributed by atoms with Gasteiger partial charge in [-0.05, 0) is 85.9 Å². The first-order valence-electron chi connectivity index (χ1n) is 10.7. The molecule has 0 aliphatic carbocycles. The maximum Gasteiger partial charge on any atom is 0.184 e. The lowest BCUT2D eigenvalue weighted by atomic mass is 9.89. The van der Waals surface area contributed by atoms with E-state index in [2.05, 4.69) is 17.0 Å². The van der Waals surface area contributed by atoms with E-state index < -0.39 is 0 Å². The third-order valence-electron chi connectivity index (χ3n) is 5.60. The lowest BCUT2D eigenvalue weighted by Crippen LogP contribution is -2.38. The molecule has 0 amide bonds. The molecule has 5 nitrogen and oxygen atoms in total. The minimum Gasteiger partial charge on any atom is -0.486 e. The first-order valence-corrected chi connectivity index (χ1v) is 10.7. The van der Waals surface area contributed by atoms with Crippen LogP contribution in [0.2, 0.25) is 0 Å². The van der Waals surface area contributed by atoms with E-state index in [0.717, 1.165) is 37.4 Å². The second-order valence-corrected chi connectivity index (χ2v) is 7.93. The summed E-state index contributed by atoms with van der Waals surface area (Å²) in [6.07, 6.45) is 2.09. The Labute approximate surface area is 183 Å². The number of nitrogen functional groups attached to an aromatic ring is 1. The molecule has 2 N–H and O–H groups in total. The number of hydrogen-bond acceptors (Lipinski definition) is 5. The molecule has 3 aromatic rings. The van der Waals surface area contributed by atoms with Crippen LogP contribution in [0.3, 0.4) is 0 Å². The Bertz CT molecular complexity index is 964. The first kappa shape index (κ1) is 20.9. The van der Waals surface area contributed by atoms with Crippen molar-refractivity contribution in [1.82, 2.24) is 4.90 Å². The van der Waals surface area contributed by atoms with Crippen LogP contribution >= 0.6 is 0 Å². The first-order chi connectivity index (χ1) is 15.2. The van der Waals surface area contributed by atoms with Crippen LogP contribution in [0.25, 0.3) is 0 Å². The van der Waals surface area contributed by atoms with Crippen molar-refractivity contribution in [2.24, 2.45) is 0 Å². The summed E-state index contributed by atoms with van der Waals surface area (Å²) in [6, 6.07) is 25.3. The molecule has 4 rings (SSSR count). The maximum absolute atomic E-state index is 12.3. The lowest BCUT2D eigenvalue weighted by Gasteiger charge is -2.31. The number of para-hydroxylation sites is 1. The molecule has 31 heavy (non-hydrogen) atoms. The van der Waals surface area contributed by atoms with Gasteiger partial charge in [0.05, 0.1) is 6.54 Å². The van der Waals surface area contributed by atoms with Crippen LogP contribution in [-0.2, 0) is 4.79 Å². The molecule has 3 aromatic carbocycles. The van der Waals surface area contributed by atoms with Crippen LogP contribution in [0.1, 0.15) is 24.3 Å². The molecular weight excluding hydrogens is 388 g/mol. The Morgan fingerprint density at radius 3 is 2.13 bits per heavy atom. The van der Waals surface area contributed by atoms with Crippen LogP contribution in [0.4, 0.5) is 5.69 Å². The number of nitrogens with zero attached hydrogens (tertiary/aromatic N) is 1. The predicted octanol–water partition coefficient (Wildman–Crippen LogP) is 4.89. The fourth-order valence-corrected chi connectivity index (χ4v) is 3.88. The third-order valence-corrected chi connectivity index (χ3v) is 5.60. The molecule has 0 unspecified atom stereocenters. The normalized spacial score (nSPS) is 14.8. The van der Waals surface area contributed by atoms with Gasteiger partial charge in [0.15, 0.2) is 5.78 Å². The smallest absolute Gasteiger partial charge is 0.184 e. The van der Waals surface area contributed by atoms with E-state index in [4.69, 9.17) is 15.2 Å². The Hall–Kier alpha value is -3.31. The van der Waals surface area contributed by atoms with Gasteiger partial charge in [0.2, 0.25) is 0 Å². The lowest BCUT2D eigenvalue weighted by molar-refractivity contribution is -0.122. The number of ether oxygens (including phenoxy) is 2. The average Bonchev–Trinajstić information content (AvgIpc) is 2.80. The monoisotopic (exact) mass is 416 g/mol. The molecule has 1 aliphatic heterocycles. The number of rotatable bonds is 8. The molecule has 160 valence electrons. The van der Waals surface area contributed by atoms with Crippen LogP contribution in [0, 0.1) is 0 Å². The minimum atomic E-state index is 0.0900. The Morgan fingerprint density at radius 2 is 1.45 bits per heavy atom. The van der Waals surface area contributed by atoms with Gasteiger partial charge in [-0.1, -0.05) is 30.3 Å². The van der Waals surface area contributed by atoms with Crippen molar-refractivity contribution < 1.29 is 14.3 Å². The Balaban J connectivity index is 1.21. The van der Waals surface area contributed by atoms with Crippen LogP contribution < -0.4 is 15.2 Å². The van der Waals surface area contributed by atoms with E-state index in [9.17, 15) is 4.79 Å². The van der Waals surface area contributed by atoms with Crippen LogP contribution in [0.5, 0.6) is 17.2 Å². The molecule has 0 spiro atoms. The highest BCUT2D eigenvalue weighted by Crippen LogP contribution is 2.30. The van der Waals surface area contributed by atoms with E-state index in [0.29, 0.717) is 23.9 Å². The molecule has 1 aliphatic rings. The van der Waals surface area contributed by atoms with Gasteiger partial charge < -0.3 is 15.2 Å². The quantitative estimate of drug-likeness (QED) is 0.530. The number of piperidine rings is 1. The summed E-state index contributed by atoms with van der Waals surface area (Å²) >= 11 is 0. The highest BCUT2D eigenvalue weighted by atomic mass is 16.5. The zero-order chi connectivity index (χ0) is 21.5. The average molecular weight is 417 g/mol. The van der Waals surface area contributed by atoms with E-state index in [-0.39, 0.29) is 12.4 Å². The van der Waals surface area contributed by atoms with Gasteiger partial charge in [-0.25, -0.2) is 0 Å². The van der Waals surface area contributed by atoms with E-state index in [1.165, 1.54) is 5.56 Å². The van der Waals surface area contributed by atoms with Gasteiger partial charge in [-0.2, -0.15) is 0 Å². The van der Waals surface area contributed by atoms with Gasteiger partial charge in [0, 0.05) is 5.69 Å². The van der Waals surface area contributed by atoms with E-state index in [1.54, 1.807) is 24.3 Å². The van der Waals surface area contributed by atoms with Crippen LogP contribution in [-0.4, -0.2) is 36.9 Å². The number of carbonyl (C=O) groups excluding carboxylic acids is 1. The van der Waals surface area contributed by atoms with Crippen molar-refractivity contribution in [2.75, 3.05) is 32.0 Å². The summed E-state index contributed by atoms with van der Waals surface area (Å²) < 4.78 is 11.4. The number of nitrogens with two attached hydrogens (primary N) is 1. The molecular formula is C26H28N2O3. The van der Waals surface area contributed by atoms with Gasteiger partial charge in [-0.3, -0.25) is 9.69 Å². The SMILES string of the molecule is Nc1ccc(OCC(=O)CN2CCC(c3ccc(Oc4ccccc4)cc3)CC2)cc1. The van der Waals surface area contributed by atoms with E-state index >= 15 is 0 Å². The second kappa shape index (κ2) is 10.1. The molecule has 0 aromatic heterocycles. The number of ketones is 1. The Kier molecular flexibility index (Phi) is 6.85. The summed E-state index contributed by atoms with van der Waals surface area (Å²) in [7, 11) is 0. The second-order valence-electron chi connectivity index (χ2n) is 7.93. The molecule has 0 radical (unpaired) electrons. The van der Waals surface area contributed by atoms with Gasteiger partial charge in [0.25, 0.3) is 0 Å². The van der Waals surface area contributed by atoms with Gasteiger partial charge >= 0.3 is 0 Å². The minimum absolute atomic E-state index is 0.0900. The van der Waals surface area contributed by atoms with Crippen molar-refractivity contribution in [3.05, 3.63) is 84.4 Å². The predicted molar refractivity (Wildman–Crippen MR) is 123 cm³/mol. The maximum atomic E-state index is 12.3. The summed E-state index contributed by atoms with van der Waals surface area (Å²) in [5.74, 6) is 2.97. The zero-order valence-electron chi connectivity index (χ0n) is 17.6.